The molecule has 1 aromatic carbocycles. The number of nitrogens with zero attached hydrogens (tertiary/aromatic N) is 1. The van der Waals surface area contributed by atoms with Crippen LogP contribution >= 0.6 is 0 Å². The maximum absolute atomic E-state index is 5.67. The van der Waals surface area contributed by atoms with Gasteiger partial charge < -0.3 is 14.8 Å². The number of nitrogens with one attached hydrogen (secondary N) is 1. The molecule has 0 aromatic heterocycles. The second kappa shape index (κ2) is 6.46. The topological polar surface area (TPSA) is 33.7 Å². The van der Waals surface area contributed by atoms with Crippen molar-refractivity contribution in [1.29, 1.82) is 0 Å². The van der Waals surface area contributed by atoms with Crippen LogP contribution in [0, 0.1) is 0 Å². The fourth-order valence-corrected chi connectivity index (χ4v) is 3.06. The van der Waals surface area contributed by atoms with Crippen LogP contribution in [0.3, 0.4) is 0 Å². The summed E-state index contributed by atoms with van der Waals surface area (Å²) in [5, 5.41) is 3.50. The number of ether oxygens (including phenoxy) is 2. The first kappa shape index (κ1) is 13.7. The molecule has 0 radical (unpaired) electrons. The van der Waals surface area contributed by atoms with E-state index in [0.717, 1.165) is 37.7 Å². The lowest BCUT2D eigenvalue weighted by Gasteiger charge is -2.34. The first-order valence-electron chi connectivity index (χ1n) is 7.70. The zero-order chi connectivity index (χ0) is 13.8. The van der Waals surface area contributed by atoms with Crippen LogP contribution < -0.4 is 14.8 Å². The second-order valence-electron chi connectivity index (χ2n) is 5.54. The van der Waals surface area contributed by atoms with Crippen LogP contribution in [0.5, 0.6) is 11.5 Å². The maximum Gasteiger partial charge on any atom is 0.161 e. The molecule has 2 aliphatic heterocycles. The normalized spacial score (nSPS) is 22.0. The highest BCUT2D eigenvalue weighted by Gasteiger charge is 2.20. The van der Waals surface area contributed by atoms with Crippen molar-refractivity contribution in [1.82, 2.24) is 10.2 Å². The van der Waals surface area contributed by atoms with Crippen molar-refractivity contribution in [3.05, 3.63) is 23.8 Å². The van der Waals surface area contributed by atoms with Crippen LogP contribution in [0.4, 0.5) is 0 Å². The minimum atomic E-state index is 0.653. The van der Waals surface area contributed by atoms with E-state index in [4.69, 9.17) is 9.47 Å². The SMILES string of the molecule is CCN(Cc1ccc2c(c1)OCCO2)C1CCCNC1. The molecule has 0 amide bonds. The van der Waals surface area contributed by atoms with E-state index in [1.165, 1.54) is 18.4 Å². The van der Waals surface area contributed by atoms with Crippen LogP contribution in [0.15, 0.2) is 18.2 Å². The van der Waals surface area contributed by atoms with E-state index in [1.807, 2.05) is 6.07 Å². The highest BCUT2D eigenvalue weighted by molar-refractivity contribution is 5.43. The molecule has 0 aliphatic carbocycles. The van der Waals surface area contributed by atoms with Gasteiger partial charge in [-0.3, -0.25) is 4.90 Å². The lowest BCUT2D eigenvalue weighted by molar-refractivity contribution is 0.162. The molecule has 3 rings (SSSR count). The number of hydrogen-bond donors (Lipinski definition) is 1. The van der Waals surface area contributed by atoms with Gasteiger partial charge in [0.05, 0.1) is 0 Å². The Labute approximate surface area is 121 Å². The molecular weight excluding hydrogens is 252 g/mol. The zero-order valence-electron chi connectivity index (χ0n) is 12.2. The Kier molecular flexibility index (Phi) is 4.43. The van der Waals surface area contributed by atoms with E-state index in [-0.39, 0.29) is 0 Å². The summed E-state index contributed by atoms with van der Waals surface area (Å²) in [5.74, 6) is 1.77. The molecule has 0 spiro atoms. The summed E-state index contributed by atoms with van der Waals surface area (Å²) in [6.45, 7) is 7.89. The zero-order valence-corrected chi connectivity index (χ0v) is 12.2. The molecule has 1 atom stereocenters. The standard InChI is InChI=1S/C16H24N2O2/c1-2-18(14-4-3-7-17-11-14)12-13-5-6-15-16(10-13)20-9-8-19-15/h5-6,10,14,17H,2-4,7-9,11-12H2,1H3. The van der Waals surface area contributed by atoms with E-state index in [9.17, 15) is 0 Å². The Balaban J connectivity index is 1.68. The van der Waals surface area contributed by atoms with Crippen molar-refractivity contribution in [2.75, 3.05) is 32.8 Å². The lowest BCUT2D eigenvalue weighted by Crippen LogP contribution is -2.45. The van der Waals surface area contributed by atoms with E-state index >= 15 is 0 Å². The predicted molar refractivity (Wildman–Crippen MR) is 79.4 cm³/mol. The lowest BCUT2D eigenvalue weighted by atomic mass is 10.0. The van der Waals surface area contributed by atoms with Crippen LogP contribution in [0.25, 0.3) is 0 Å². The molecule has 20 heavy (non-hydrogen) atoms. The van der Waals surface area contributed by atoms with Gasteiger partial charge in [-0.05, 0) is 43.6 Å². The molecule has 4 nitrogen and oxygen atoms in total. The number of rotatable bonds is 4. The molecular formula is C16H24N2O2. The summed E-state index contributed by atoms with van der Waals surface area (Å²) in [4.78, 5) is 2.55. The van der Waals surface area contributed by atoms with Crippen LogP contribution in [-0.4, -0.2) is 43.8 Å². The summed E-state index contributed by atoms with van der Waals surface area (Å²) in [6, 6.07) is 6.98. The summed E-state index contributed by atoms with van der Waals surface area (Å²) < 4.78 is 11.2. The van der Waals surface area contributed by atoms with Crippen LogP contribution in [0.1, 0.15) is 25.3 Å². The van der Waals surface area contributed by atoms with Crippen molar-refractivity contribution in [3.8, 4) is 11.5 Å². The molecule has 1 saturated heterocycles. The third kappa shape index (κ3) is 3.07. The minimum absolute atomic E-state index is 0.653. The number of piperidine rings is 1. The fraction of sp³-hybridized carbons (Fsp3) is 0.625. The van der Waals surface area contributed by atoms with Gasteiger partial charge in [-0.1, -0.05) is 13.0 Å². The molecule has 0 saturated carbocycles. The third-order valence-electron chi connectivity index (χ3n) is 4.19. The monoisotopic (exact) mass is 276 g/mol. The quantitative estimate of drug-likeness (QED) is 0.912. The van der Waals surface area contributed by atoms with Gasteiger partial charge in [-0.25, -0.2) is 0 Å². The van der Waals surface area contributed by atoms with E-state index < -0.39 is 0 Å². The van der Waals surface area contributed by atoms with Crippen LogP contribution in [-0.2, 0) is 6.54 Å². The van der Waals surface area contributed by atoms with Gasteiger partial charge in [0, 0.05) is 19.1 Å². The van der Waals surface area contributed by atoms with Gasteiger partial charge in [0.25, 0.3) is 0 Å². The van der Waals surface area contributed by atoms with Gasteiger partial charge in [-0.2, -0.15) is 0 Å². The minimum Gasteiger partial charge on any atom is -0.486 e. The number of hydrogen-bond acceptors (Lipinski definition) is 4. The number of likely N-dealkylation sites (N-methyl/N-ethyl adjacent to an activating group) is 1. The number of benzene rings is 1. The molecule has 1 N–H and O–H groups in total. The summed E-state index contributed by atoms with van der Waals surface area (Å²) in [5.41, 5.74) is 1.31. The average molecular weight is 276 g/mol. The molecule has 1 unspecified atom stereocenters. The average Bonchev–Trinajstić information content (AvgIpc) is 2.53. The molecule has 1 fully saturated rings. The molecule has 0 bridgehead atoms. The fourth-order valence-electron chi connectivity index (χ4n) is 3.06. The van der Waals surface area contributed by atoms with Gasteiger partial charge in [0.1, 0.15) is 13.2 Å². The van der Waals surface area contributed by atoms with E-state index in [0.29, 0.717) is 19.3 Å². The van der Waals surface area contributed by atoms with Crippen molar-refractivity contribution < 1.29 is 9.47 Å². The van der Waals surface area contributed by atoms with Gasteiger partial charge >= 0.3 is 0 Å². The summed E-state index contributed by atoms with van der Waals surface area (Å²) in [7, 11) is 0. The smallest absolute Gasteiger partial charge is 0.161 e. The van der Waals surface area contributed by atoms with Crippen molar-refractivity contribution in [2.45, 2.75) is 32.4 Å². The van der Waals surface area contributed by atoms with Crippen molar-refractivity contribution in [2.24, 2.45) is 0 Å². The largest absolute Gasteiger partial charge is 0.486 e. The predicted octanol–water partition coefficient (Wildman–Crippen LogP) is 2.03. The van der Waals surface area contributed by atoms with Gasteiger partial charge in [-0.15, -0.1) is 0 Å². The Bertz CT molecular complexity index is 444. The molecule has 110 valence electrons. The van der Waals surface area contributed by atoms with Crippen LogP contribution in [0.2, 0.25) is 0 Å². The summed E-state index contributed by atoms with van der Waals surface area (Å²) in [6.07, 6.45) is 2.58. The third-order valence-corrected chi connectivity index (χ3v) is 4.19. The Morgan fingerprint density at radius 2 is 2.10 bits per heavy atom. The Hall–Kier alpha value is -1.26. The van der Waals surface area contributed by atoms with E-state index in [1.54, 1.807) is 0 Å². The number of fused-ring (bicyclic) bond motifs is 1. The highest BCUT2D eigenvalue weighted by Crippen LogP contribution is 2.31. The molecule has 2 heterocycles. The first-order valence-corrected chi connectivity index (χ1v) is 7.70. The first-order chi connectivity index (χ1) is 9.86. The Morgan fingerprint density at radius 3 is 2.85 bits per heavy atom. The van der Waals surface area contributed by atoms with Crippen molar-refractivity contribution in [3.63, 3.8) is 0 Å². The maximum atomic E-state index is 5.67. The van der Waals surface area contributed by atoms with Crippen molar-refractivity contribution >= 4 is 0 Å². The molecule has 2 aliphatic rings. The molecule has 1 aromatic rings. The van der Waals surface area contributed by atoms with Gasteiger partial charge in [0.2, 0.25) is 0 Å². The summed E-state index contributed by atoms with van der Waals surface area (Å²) >= 11 is 0. The second-order valence-corrected chi connectivity index (χ2v) is 5.54. The Morgan fingerprint density at radius 1 is 1.25 bits per heavy atom. The molecule has 4 heteroatoms. The van der Waals surface area contributed by atoms with E-state index in [2.05, 4.69) is 29.3 Å². The van der Waals surface area contributed by atoms with Gasteiger partial charge in [0.15, 0.2) is 11.5 Å². The highest BCUT2D eigenvalue weighted by atomic mass is 16.6.